The predicted molar refractivity (Wildman–Crippen MR) is 58.0 cm³/mol. The molecule has 1 atom stereocenters. The monoisotopic (exact) mass is 184 g/mol. The Bertz CT molecular complexity index is 121. The second-order valence-electron chi connectivity index (χ2n) is 4.29. The Hall–Kier alpha value is -0.0800. The van der Waals surface area contributed by atoms with Crippen molar-refractivity contribution in [2.75, 3.05) is 19.6 Å². The van der Waals surface area contributed by atoms with Gasteiger partial charge in [0.25, 0.3) is 0 Å². The highest BCUT2D eigenvalue weighted by Gasteiger charge is 2.20. The average molecular weight is 184 g/mol. The van der Waals surface area contributed by atoms with Crippen molar-refractivity contribution in [2.24, 2.45) is 5.92 Å². The Kier molecular flexibility index (Phi) is 5.40. The fourth-order valence-corrected chi connectivity index (χ4v) is 1.51. The zero-order chi connectivity index (χ0) is 9.52. The smallest absolute Gasteiger partial charge is 0.0164 e. The van der Waals surface area contributed by atoms with Crippen LogP contribution in [0, 0.1) is 5.92 Å². The van der Waals surface area contributed by atoms with E-state index in [1.165, 1.54) is 32.2 Å². The molecule has 0 aliphatic heterocycles. The minimum atomic E-state index is 0.630. The minimum absolute atomic E-state index is 0.630. The normalized spacial score (nSPS) is 18.9. The molecule has 0 amide bonds. The molecular formula is C11H24N2. The van der Waals surface area contributed by atoms with Crippen LogP contribution >= 0.6 is 0 Å². The Morgan fingerprint density at radius 2 is 2.08 bits per heavy atom. The molecule has 1 aliphatic rings. The molecule has 1 aliphatic carbocycles. The van der Waals surface area contributed by atoms with Crippen molar-refractivity contribution < 1.29 is 0 Å². The highest BCUT2D eigenvalue weighted by atomic mass is 15.0. The molecule has 0 aromatic carbocycles. The number of nitrogens with one attached hydrogen (secondary N) is 2. The molecule has 0 saturated heterocycles. The maximum Gasteiger partial charge on any atom is 0.0164 e. The number of hydrogen-bond acceptors (Lipinski definition) is 2. The first kappa shape index (κ1) is 11.0. The van der Waals surface area contributed by atoms with Crippen LogP contribution in [0.5, 0.6) is 0 Å². The second kappa shape index (κ2) is 6.39. The third-order valence-corrected chi connectivity index (χ3v) is 2.62. The SMILES string of the molecule is CCCNCC(C)NCCC1CC1. The summed E-state index contributed by atoms with van der Waals surface area (Å²) in [6.07, 6.45) is 5.57. The van der Waals surface area contributed by atoms with Gasteiger partial charge in [-0.05, 0) is 38.8 Å². The van der Waals surface area contributed by atoms with Gasteiger partial charge in [0.1, 0.15) is 0 Å². The maximum atomic E-state index is 3.55. The quantitative estimate of drug-likeness (QED) is 0.562. The van der Waals surface area contributed by atoms with E-state index in [-0.39, 0.29) is 0 Å². The number of rotatable bonds is 8. The van der Waals surface area contributed by atoms with Crippen LogP contribution in [-0.2, 0) is 0 Å². The average Bonchev–Trinajstić information content (AvgIpc) is 2.89. The summed E-state index contributed by atoms with van der Waals surface area (Å²) in [4.78, 5) is 0. The van der Waals surface area contributed by atoms with Crippen molar-refractivity contribution in [2.45, 2.75) is 45.6 Å². The molecule has 1 fully saturated rings. The summed E-state index contributed by atoms with van der Waals surface area (Å²) in [5.41, 5.74) is 0. The third kappa shape index (κ3) is 6.05. The first-order chi connectivity index (χ1) is 6.33. The molecule has 78 valence electrons. The molecule has 0 aromatic rings. The molecule has 1 saturated carbocycles. The highest BCUT2D eigenvalue weighted by Crippen LogP contribution is 2.31. The molecule has 0 bridgehead atoms. The lowest BCUT2D eigenvalue weighted by atomic mass is 10.2. The fraction of sp³-hybridized carbons (Fsp3) is 1.00. The topological polar surface area (TPSA) is 24.1 Å². The first-order valence-electron chi connectivity index (χ1n) is 5.77. The van der Waals surface area contributed by atoms with Gasteiger partial charge in [0.05, 0.1) is 0 Å². The Morgan fingerprint density at radius 3 is 2.69 bits per heavy atom. The maximum absolute atomic E-state index is 3.55. The molecule has 1 rings (SSSR count). The first-order valence-corrected chi connectivity index (χ1v) is 5.77. The van der Waals surface area contributed by atoms with Crippen LogP contribution in [0.3, 0.4) is 0 Å². The molecule has 13 heavy (non-hydrogen) atoms. The van der Waals surface area contributed by atoms with E-state index in [0.717, 1.165) is 19.0 Å². The lowest BCUT2D eigenvalue weighted by molar-refractivity contribution is 0.487. The van der Waals surface area contributed by atoms with E-state index in [1.807, 2.05) is 0 Å². The van der Waals surface area contributed by atoms with Gasteiger partial charge in [-0.25, -0.2) is 0 Å². The van der Waals surface area contributed by atoms with E-state index in [2.05, 4.69) is 24.5 Å². The van der Waals surface area contributed by atoms with Crippen molar-refractivity contribution >= 4 is 0 Å². The van der Waals surface area contributed by atoms with E-state index in [9.17, 15) is 0 Å². The summed E-state index contributed by atoms with van der Waals surface area (Å²) in [6.45, 7) is 7.93. The zero-order valence-electron chi connectivity index (χ0n) is 9.10. The lowest BCUT2D eigenvalue weighted by Gasteiger charge is -2.13. The van der Waals surface area contributed by atoms with Crippen LogP contribution in [0.4, 0.5) is 0 Å². The van der Waals surface area contributed by atoms with Gasteiger partial charge < -0.3 is 10.6 Å². The van der Waals surface area contributed by atoms with Crippen molar-refractivity contribution in [1.29, 1.82) is 0 Å². The van der Waals surface area contributed by atoms with Gasteiger partial charge in [0.2, 0.25) is 0 Å². The van der Waals surface area contributed by atoms with Crippen LogP contribution in [0.2, 0.25) is 0 Å². The summed E-state index contributed by atoms with van der Waals surface area (Å²) in [7, 11) is 0. The molecule has 2 nitrogen and oxygen atoms in total. The Balaban J connectivity index is 1.81. The van der Waals surface area contributed by atoms with Crippen molar-refractivity contribution in [3.63, 3.8) is 0 Å². The van der Waals surface area contributed by atoms with Gasteiger partial charge in [0, 0.05) is 12.6 Å². The zero-order valence-corrected chi connectivity index (χ0v) is 9.10. The van der Waals surface area contributed by atoms with Crippen LogP contribution in [0.1, 0.15) is 39.5 Å². The van der Waals surface area contributed by atoms with Gasteiger partial charge in [0.15, 0.2) is 0 Å². The van der Waals surface area contributed by atoms with Crippen LogP contribution in [-0.4, -0.2) is 25.7 Å². The standard InChI is InChI=1S/C11H24N2/c1-3-7-12-9-10(2)13-8-6-11-4-5-11/h10-13H,3-9H2,1-2H3. The predicted octanol–water partition coefficient (Wildman–Crippen LogP) is 1.76. The molecular weight excluding hydrogens is 160 g/mol. The summed E-state index contributed by atoms with van der Waals surface area (Å²) in [5, 5.41) is 6.98. The largest absolute Gasteiger partial charge is 0.315 e. The fourth-order valence-electron chi connectivity index (χ4n) is 1.51. The molecule has 2 N–H and O–H groups in total. The van der Waals surface area contributed by atoms with Crippen LogP contribution < -0.4 is 10.6 Å². The summed E-state index contributed by atoms with van der Waals surface area (Å²) in [5.74, 6) is 1.06. The van der Waals surface area contributed by atoms with Gasteiger partial charge in [-0.2, -0.15) is 0 Å². The molecule has 1 unspecified atom stereocenters. The second-order valence-corrected chi connectivity index (χ2v) is 4.29. The van der Waals surface area contributed by atoms with E-state index in [4.69, 9.17) is 0 Å². The van der Waals surface area contributed by atoms with E-state index >= 15 is 0 Å². The van der Waals surface area contributed by atoms with Crippen LogP contribution in [0.15, 0.2) is 0 Å². The summed E-state index contributed by atoms with van der Waals surface area (Å²) >= 11 is 0. The third-order valence-electron chi connectivity index (χ3n) is 2.62. The van der Waals surface area contributed by atoms with Gasteiger partial charge in [-0.15, -0.1) is 0 Å². The Morgan fingerprint density at radius 1 is 1.31 bits per heavy atom. The van der Waals surface area contributed by atoms with Gasteiger partial charge in [-0.1, -0.05) is 19.8 Å². The lowest BCUT2D eigenvalue weighted by Crippen LogP contribution is -2.37. The Labute approximate surface area is 82.5 Å². The molecule has 0 spiro atoms. The van der Waals surface area contributed by atoms with Crippen molar-refractivity contribution in [3.05, 3.63) is 0 Å². The minimum Gasteiger partial charge on any atom is -0.315 e. The van der Waals surface area contributed by atoms with Crippen LogP contribution in [0.25, 0.3) is 0 Å². The van der Waals surface area contributed by atoms with Crippen molar-refractivity contribution in [3.8, 4) is 0 Å². The van der Waals surface area contributed by atoms with Gasteiger partial charge in [-0.3, -0.25) is 0 Å². The molecule has 0 heterocycles. The number of hydrogen-bond donors (Lipinski definition) is 2. The molecule has 2 heteroatoms. The van der Waals surface area contributed by atoms with Crippen molar-refractivity contribution in [1.82, 2.24) is 10.6 Å². The van der Waals surface area contributed by atoms with Gasteiger partial charge >= 0.3 is 0 Å². The van der Waals surface area contributed by atoms with E-state index < -0.39 is 0 Å². The molecule has 0 aromatic heterocycles. The highest BCUT2D eigenvalue weighted by molar-refractivity contribution is 4.74. The van der Waals surface area contributed by atoms with E-state index in [0.29, 0.717) is 6.04 Å². The summed E-state index contributed by atoms with van der Waals surface area (Å²) < 4.78 is 0. The summed E-state index contributed by atoms with van der Waals surface area (Å²) in [6, 6.07) is 0.630. The van der Waals surface area contributed by atoms with E-state index in [1.54, 1.807) is 0 Å². The molecule has 0 radical (unpaired) electrons.